The van der Waals surface area contributed by atoms with Crippen molar-refractivity contribution in [1.82, 2.24) is 0 Å². The molecule has 3 heteroatoms. The molecule has 0 aromatic heterocycles. The molecule has 1 aromatic rings. The van der Waals surface area contributed by atoms with E-state index in [1.165, 1.54) is 19.3 Å². The molecule has 0 spiro atoms. The molecule has 0 unspecified atom stereocenters. The van der Waals surface area contributed by atoms with E-state index >= 15 is 0 Å². The Morgan fingerprint density at radius 2 is 1.94 bits per heavy atom. The molecule has 1 aliphatic rings. The molecule has 94 valence electrons. The van der Waals surface area contributed by atoms with Gasteiger partial charge in [0.05, 0.1) is 0 Å². The quantitative estimate of drug-likeness (QED) is 0.856. The van der Waals surface area contributed by atoms with Crippen molar-refractivity contribution in [3.05, 3.63) is 33.5 Å². The Morgan fingerprint density at radius 3 is 2.59 bits per heavy atom. The van der Waals surface area contributed by atoms with E-state index in [-0.39, 0.29) is 11.9 Å². The van der Waals surface area contributed by atoms with E-state index in [2.05, 4.69) is 15.9 Å². The van der Waals surface area contributed by atoms with Gasteiger partial charge in [-0.1, -0.05) is 35.2 Å². The second kappa shape index (κ2) is 5.49. The number of halogens is 2. The van der Waals surface area contributed by atoms with Crippen molar-refractivity contribution in [2.24, 2.45) is 11.7 Å². The Bertz CT molecular complexity index is 399. The van der Waals surface area contributed by atoms with Gasteiger partial charge in [-0.2, -0.15) is 0 Å². The topological polar surface area (TPSA) is 26.0 Å². The van der Waals surface area contributed by atoms with Gasteiger partial charge in [0, 0.05) is 16.1 Å². The van der Waals surface area contributed by atoms with Crippen molar-refractivity contribution in [3.63, 3.8) is 0 Å². The highest BCUT2D eigenvalue weighted by Gasteiger charge is 2.24. The summed E-state index contributed by atoms with van der Waals surface area (Å²) in [5.41, 5.74) is 7.58. The standard InChI is InChI=1S/C14H19BrFN/c1-9-7-11(15)8-12(13(9)16)14(17)10-5-3-2-4-6-10/h7-8,10,14H,2-6,17H2,1H3/t14-/m0/s1. The lowest BCUT2D eigenvalue weighted by molar-refractivity contribution is 0.303. The summed E-state index contributed by atoms with van der Waals surface area (Å²) < 4.78 is 15.0. The van der Waals surface area contributed by atoms with Crippen LogP contribution >= 0.6 is 15.9 Å². The number of nitrogens with two attached hydrogens (primary N) is 1. The van der Waals surface area contributed by atoms with Crippen LogP contribution in [0.2, 0.25) is 0 Å². The van der Waals surface area contributed by atoms with E-state index in [1.54, 1.807) is 13.0 Å². The van der Waals surface area contributed by atoms with Crippen molar-refractivity contribution >= 4 is 15.9 Å². The van der Waals surface area contributed by atoms with Crippen molar-refractivity contribution in [3.8, 4) is 0 Å². The lowest BCUT2D eigenvalue weighted by Crippen LogP contribution is -2.24. The summed E-state index contributed by atoms with van der Waals surface area (Å²) in [4.78, 5) is 0. The molecule has 1 atom stereocenters. The van der Waals surface area contributed by atoms with E-state index in [0.717, 1.165) is 17.3 Å². The Morgan fingerprint density at radius 1 is 1.29 bits per heavy atom. The van der Waals surface area contributed by atoms with Crippen LogP contribution in [0.15, 0.2) is 16.6 Å². The van der Waals surface area contributed by atoms with Crippen LogP contribution < -0.4 is 5.73 Å². The molecule has 1 aromatic carbocycles. The van der Waals surface area contributed by atoms with Gasteiger partial charge in [0.25, 0.3) is 0 Å². The highest BCUT2D eigenvalue weighted by atomic mass is 79.9. The highest BCUT2D eigenvalue weighted by Crippen LogP contribution is 2.35. The first-order valence-electron chi connectivity index (χ1n) is 6.30. The lowest BCUT2D eigenvalue weighted by Gasteiger charge is -2.28. The van der Waals surface area contributed by atoms with Crippen molar-refractivity contribution in [1.29, 1.82) is 0 Å². The Kier molecular flexibility index (Phi) is 4.21. The summed E-state index contributed by atoms with van der Waals surface area (Å²) in [5, 5.41) is 0. The van der Waals surface area contributed by atoms with E-state index in [1.807, 2.05) is 6.07 Å². The lowest BCUT2D eigenvalue weighted by atomic mass is 9.81. The molecule has 2 rings (SSSR count). The van der Waals surface area contributed by atoms with Gasteiger partial charge in [0.15, 0.2) is 0 Å². The summed E-state index contributed by atoms with van der Waals surface area (Å²) in [6.45, 7) is 1.79. The minimum atomic E-state index is -0.161. The molecule has 17 heavy (non-hydrogen) atoms. The molecule has 0 bridgehead atoms. The van der Waals surface area contributed by atoms with Crippen LogP contribution in [0.3, 0.4) is 0 Å². The second-order valence-electron chi connectivity index (χ2n) is 5.05. The van der Waals surface area contributed by atoms with Crippen molar-refractivity contribution in [2.45, 2.75) is 45.1 Å². The third-order valence-corrected chi connectivity index (χ3v) is 4.22. The fourth-order valence-electron chi connectivity index (χ4n) is 2.74. The van der Waals surface area contributed by atoms with Gasteiger partial charge in [-0.25, -0.2) is 4.39 Å². The zero-order chi connectivity index (χ0) is 12.4. The van der Waals surface area contributed by atoms with Gasteiger partial charge in [-0.3, -0.25) is 0 Å². The number of benzene rings is 1. The number of aryl methyl sites for hydroxylation is 1. The minimum absolute atomic E-state index is 0.133. The van der Waals surface area contributed by atoms with Crippen LogP contribution in [0.4, 0.5) is 4.39 Å². The average molecular weight is 300 g/mol. The van der Waals surface area contributed by atoms with E-state index in [4.69, 9.17) is 5.73 Å². The largest absolute Gasteiger partial charge is 0.324 e. The van der Waals surface area contributed by atoms with E-state index in [9.17, 15) is 4.39 Å². The van der Waals surface area contributed by atoms with Gasteiger partial charge in [-0.05, 0) is 43.4 Å². The maximum absolute atomic E-state index is 14.1. The summed E-state index contributed by atoms with van der Waals surface area (Å²) in [5.74, 6) is 0.304. The fraction of sp³-hybridized carbons (Fsp3) is 0.571. The Balaban J connectivity index is 2.26. The van der Waals surface area contributed by atoms with Crippen LogP contribution in [-0.2, 0) is 0 Å². The Labute approximate surface area is 111 Å². The zero-order valence-electron chi connectivity index (χ0n) is 10.2. The van der Waals surface area contributed by atoms with Gasteiger partial charge in [0.1, 0.15) is 5.82 Å². The number of hydrogen-bond acceptors (Lipinski definition) is 1. The fourth-order valence-corrected chi connectivity index (χ4v) is 3.33. The number of rotatable bonds is 2. The molecule has 2 N–H and O–H groups in total. The number of hydrogen-bond donors (Lipinski definition) is 1. The summed E-state index contributed by atoms with van der Waals surface area (Å²) in [7, 11) is 0. The summed E-state index contributed by atoms with van der Waals surface area (Å²) in [6.07, 6.45) is 6.02. The first kappa shape index (κ1) is 13.0. The highest BCUT2D eigenvalue weighted by molar-refractivity contribution is 9.10. The molecule has 1 aliphatic carbocycles. The van der Waals surface area contributed by atoms with Crippen LogP contribution in [0.1, 0.15) is 49.3 Å². The summed E-state index contributed by atoms with van der Waals surface area (Å²) in [6, 6.07) is 3.47. The smallest absolute Gasteiger partial charge is 0.130 e. The van der Waals surface area contributed by atoms with Gasteiger partial charge >= 0.3 is 0 Å². The molecule has 0 heterocycles. The minimum Gasteiger partial charge on any atom is -0.324 e. The predicted molar refractivity (Wildman–Crippen MR) is 72.3 cm³/mol. The van der Waals surface area contributed by atoms with Crippen LogP contribution in [-0.4, -0.2) is 0 Å². The molecule has 1 saturated carbocycles. The Hall–Kier alpha value is -0.410. The van der Waals surface area contributed by atoms with E-state index in [0.29, 0.717) is 17.0 Å². The van der Waals surface area contributed by atoms with Gasteiger partial charge in [-0.15, -0.1) is 0 Å². The van der Waals surface area contributed by atoms with Gasteiger partial charge in [0.2, 0.25) is 0 Å². The molecule has 0 saturated heterocycles. The molecular weight excluding hydrogens is 281 g/mol. The van der Waals surface area contributed by atoms with E-state index < -0.39 is 0 Å². The van der Waals surface area contributed by atoms with Crippen LogP contribution in [0, 0.1) is 18.7 Å². The van der Waals surface area contributed by atoms with Crippen LogP contribution in [0.5, 0.6) is 0 Å². The summed E-state index contributed by atoms with van der Waals surface area (Å²) >= 11 is 3.42. The van der Waals surface area contributed by atoms with Crippen molar-refractivity contribution in [2.75, 3.05) is 0 Å². The van der Waals surface area contributed by atoms with Gasteiger partial charge < -0.3 is 5.73 Å². The van der Waals surface area contributed by atoms with Crippen molar-refractivity contribution < 1.29 is 4.39 Å². The molecule has 0 radical (unpaired) electrons. The second-order valence-corrected chi connectivity index (χ2v) is 5.97. The third-order valence-electron chi connectivity index (χ3n) is 3.76. The first-order valence-corrected chi connectivity index (χ1v) is 7.10. The maximum Gasteiger partial charge on any atom is 0.130 e. The molecule has 1 fully saturated rings. The zero-order valence-corrected chi connectivity index (χ0v) is 11.8. The molecular formula is C14H19BrFN. The monoisotopic (exact) mass is 299 g/mol. The average Bonchev–Trinajstić information content (AvgIpc) is 2.34. The molecule has 1 nitrogen and oxygen atoms in total. The SMILES string of the molecule is Cc1cc(Br)cc([C@@H](N)C2CCCCC2)c1F. The predicted octanol–water partition coefficient (Wildman–Crippen LogP) is 4.48. The normalized spacial score (nSPS) is 19.3. The van der Waals surface area contributed by atoms with Crippen LogP contribution in [0.25, 0.3) is 0 Å². The maximum atomic E-state index is 14.1. The molecule has 0 amide bonds. The molecule has 0 aliphatic heterocycles. The first-order chi connectivity index (χ1) is 8.09. The third kappa shape index (κ3) is 2.89.